The molecule has 94 valence electrons. The third-order valence-electron chi connectivity index (χ3n) is 1.92. The number of nitrogens with one attached hydrogen (secondary N) is 1. The molecule has 1 aromatic carbocycles. The van der Waals surface area contributed by atoms with E-state index in [-0.39, 0.29) is 17.1 Å². The van der Waals surface area contributed by atoms with Crippen LogP contribution in [-0.4, -0.2) is 26.0 Å². The van der Waals surface area contributed by atoms with E-state index in [1.165, 1.54) is 20.1 Å². The van der Waals surface area contributed by atoms with E-state index >= 15 is 0 Å². The van der Waals surface area contributed by atoms with Gasteiger partial charge in [0.25, 0.3) is 10.1 Å². The average Bonchev–Trinajstić information content (AvgIpc) is 2.17. The lowest BCUT2D eigenvalue weighted by Gasteiger charge is -2.12. The van der Waals surface area contributed by atoms with E-state index in [0.29, 0.717) is 0 Å². The summed E-state index contributed by atoms with van der Waals surface area (Å²) in [4.78, 5) is 10.4. The third kappa shape index (κ3) is 3.08. The van der Waals surface area contributed by atoms with Crippen LogP contribution in [0.5, 0.6) is 5.75 Å². The standard InChI is InChI=1S/C9H12N2O5S/c1-5(12)11-7-4-9(17(13,14)15)6(10)3-8(7)16-2/h3-4H,10H2,1-2H3,(H,11,12)(H,13,14,15). The Morgan fingerprint density at radius 2 is 2.06 bits per heavy atom. The topological polar surface area (TPSA) is 119 Å². The molecule has 1 rings (SSSR count). The molecule has 0 aliphatic rings. The van der Waals surface area contributed by atoms with Crippen molar-refractivity contribution < 1.29 is 22.5 Å². The van der Waals surface area contributed by atoms with Gasteiger partial charge in [0, 0.05) is 13.0 Å². The Labute approximate surface area is 98.3 Å². The molecule has 1 amide bonds. The fourth-order valence-electron chi connectivity index (χ4n) is 1.26. The highest BCUT2D eigenvalue weighted by atomic mass is 32.2. The van der Waals surface area contributed by atoms with Crippen LogP contribution in [-0.2, 0) is 14.9 Å². The molecule has 4 N–H and O–H groups in total. The minimum absolute atomic E-state index is 0.113. The molecule has 17 heavy (non-hydrogen) atoms. The third-order valence-corrected chi connectivity index (χ3v) is 2.83. The van der Waals surface area contributed by atoms with Gasteiger partial charge in [0.05, 0.1) is 18.5 Å². The number of ether oxygens (including phenoxy) is 1. The molecule has 0 saturated heterocycles. The molecule has 0 radical (unpaired) electrons. The van der Waals surface area contributed by atoms with Crippen LogP contribution in [0.3, 0.4) is 0 Å². The number of carbonyl (C=O) groups excluding carboxylic acids is 1. The summed E-state index contributed by atoms with van der Waals surface area (Å²) >= 11 is 0. The van der Waals surface area contributed by atoms with Gasteiger partial charge in [0.15, 0.2) is 0 Å². The maximum absolute atomic E-state index is 11.0. The molecule has 0 spiro atoms. The van der Waals surface area contributed by atoms with Crippen molar-refractivity contribution in [1.82, 2.24) is 0 Å². The Morgan fingerprint density at radius 1 is 1.47 bits per heavy atom. The fourth-order valence-corrected chi connectivity index (χ4v) is 1.88. The quantitative estimate of drug-likeness (QED) is 0.537. The zero-order valence-corrected chi connectivity index (χ0v) is 10.0. The summed E-state index contributed by atoms with van der Waals surface area (Å²) in [7, 11) is -3.11. The van der Waals surface area contributed by atoms with Crippen LogP contribution < -0.4 is 15.8 Å². The van der Waals surface area contributed by atoms with Gasteiger partial charge in [-0.05, 0) is 6.07 Å². The summed E-state index contributed by atoms with van der Waals surface area (Å²) in [6.07, 6.45) is 0. The Morgan fingerprint density at radius 3 is 2.47 bits per heavy atom. The summed E-state index contributed by atoms with van der Waals surface area (Å²) in [6, 6.07) is 2.24. The maximum atomic E-state index is 11.0. The number of benzene rings is 1. The number of methoxy groups -OCH3 is 1. The van der Waals surface area contributed by atoms with Crippen molar-refractivity contribution in [3.8, 4) is 5.75 Å². The lowest BCUT2D eigenvalue weighted by Crippen LogP contribution is -2.10. The second-order valence-corrected chi connectivity index (χ2v) is 4.64. The molecule has 8 heteroatoms. The van der Waals surface area contributed by atoms with Gasteiger partial charge < -0.3 is 15.8 Å². The van der Waals surface area contributed by atoms with Gasteiger partial charge in [0.2, 0.25) is 5.91 Å². The van der Waals surface area contributed by atoms with Gasteiger partial charge in [-0.1, -0.05) is 0 Å². The van der Waals surface area contributed by atoms with E-state index in [2.05, 4.69) is 5.32 Å². The zero-order chi connectivity index (χ0) is 13.2. The van der Waals surface area contributed by atoms with Crippen molar-refractivity contribution in [2.45, 2.75) is 11.8 Å². The predicted molar refractivity (Wildman–Crippen MR) is 61.5 cm³/mol. The lowest BCUT2D eigenvalue weighted by molar-refractivity contribution is -0.114. The highest BCUT2D eigenvalue weighted by molar-refractivity contribution is 7.86. The van der Waals surface area contributed by atoms with Crippen LogP contribution in [0.2, 0.25) is 0 Å². The van der Waals surface area contributed by atoms with Crippen molar-refractivity contribution in [2.24, 2.45) is 0 Å². The first-order chi connectivity index (χ1) is 7.75. The number of anilines is 2. The number of carbonyl (C=O) groups is 1. The largest absolute Gasteiger partial charge is 0.494 e. The summed E-state index contributed by atoms with van der Waals surface area (Å²) < 4.78 is 35.9. The predicted octanol–water partition coefficient (Wildman–Crippen LogP) is 0.482. The number of rotatable bonds is 3. The molecule has 0 aliphatic carbocycles. The normalized spacial score (nSPS) is 11.0. The SMILES string of the molecule is COc1cc(N)c(S(=O)(=O)O)cc1NC(C)=O. The van der Waals surface area contributed by atoms with Gasteiger partial charge >= 0.3 is 0 Å². The summed E-state index contributed by atoms with van der Waals surface area (Å²) in [5.74, 6) is -0.209. The number of hydrogen-bond donors (Lipinski definition) is 3. The maximum Gasteiger partial charge on any atom is 0.296 e. The molecular weight excluding hydrogens is 248 g/mol. The minimum Gasteiger partial charge on any atom is -0.494 e. The zero-order valence-electron chi connectivity index (χ0n) is 9.22. The van der Waals surface area contributed by atoms with Gasteiger partial charge in [-0.25, -0.2) is 0 Å². The number of hydrogen-bond acceptors (Lipinski definition) is 5. The molecule has 0 bridgehead atoms. The molecule has 0 aliphatic heterocycles. The second-order valence-electron chi connectivity index (χ2n) is 3.25. The molecule has 0 unspecified atom stereocenters. The van der Waals surface area contributed by atoms with E-state index in [0.717, 1.165) is 6.07 Å². The highest BCUT2D eigenvalue weighted by Crippen LogP contribution is 2.32. The van der Waals surface area contributed by atoms with Gasteiger partial charge in [-0.15, -0.1) is 0 Å². The van der Waals surface area contributed by atoms with Gasteiger partial charge in [-0.3, -0.25) is 9.35 Å². The minimum atomic E-state index is -4.45. The van der Waals surface area contributed by atoms with E-state index in [1.807, 2.05) is 0 Å². The first-order valence-electron chi connectivity index (χ1n) is 4.48. The average molecular weight is 260 g/mol. The van der Waals surface area contributed by atoms with Crippen LogP contribution >= 0.6 is 0 Å². The Kier molecular flexibility index (Phi) is 3.59. The molecular formula is C9H12N2O5S. The highest BCUT2D eigenvalue weighted by Gasteiger charge is 2.18. The fraction of sp³-hybridized carbons (Fsp3) is 0.222. The van der Waals surface area contributed by atoms with Crippen molar-refractivity contribution in [3.05, 3.63) is 12.1 Å². The van der Waals surface area contributed by atoms with Crippen LogP contribution in [0.25, 0.3) is 0 Å². The van der Waals surface area contributed by atoms with Crippen molar-refractivity contribution >= 4 is 27.4 Å². The molecule has 0 atom stereocenters. The Hall–Kier alpha value is -1.80. The summed E-state index contributed by atoms with van der Waals surface area (Å²) in [5, 5.41) is 2.37. The second kappa shape index (κ2) is 4.60. The number of nitrogens with two attached hydrogens (primary N) is 1. The Balaban J connectivity index is 3.43. The first kappa shape index (κ1) is 13.3. The first-order valence-corrected chi connectivity index (χ1v) is 5.92. The Bertz CT molecular complexity index is 553. The van der Waals surface area contributed by atoms with Crippen LogP contribution in [0, 0.1) is 0 Å². The van der Waals surface area contributed by atoms with Gasteiger partial charge in [-0.2, -0.15) is 8.42 Å². The number of nitrogen functional groups attached to an aromatic ring is 1. The number of amides is 1. The van der Waals surface area contributed by atoms with Crippen molar-refractivity contribution in [1.29, 1.82) is 0 Å². The van der Waals surface area contributed by atoms with E-state index in [4.69, 9.17) is 15.0 Å². The smallest absolute Gasteiger partial charge is 0.296 e. The molecule has 0 heterocycles. The van der Waals surface area contributed by atoms with E-state index in [9.17, 15) is 13.2 Å². The molecule has 0 fully saturated rings. The van der Waals surface area contributed by atoms with Gasteiger partial charge in [0.1, 0.15) is 10.6 Å². The molecule has 7 nitrogen and oxygen atoms in total. The summed E-state index contributed by atoms with van der Waals surface area (Å²) in [6.45, 7) is 1.25. The lowest BCUT2D eigenvalue weighted by atomic mass is 10.2. The summed E-state index contributed by atoms with van der Waals surface area (Å²) in [5.41, 5.74) is 5.40. The van der Waals surface area contributed by atoms with E-state index in [1.54, 1.807) is 0 Å². The monoisotopic (exact) mass is 260 g/mol. The van der Waals surface area contributed by atoms with Crippen LogP contribution in [0.15, 0.2) is 17.0 Å². The van der Waals surface area contributed by atoms with Crippen molar-refractivity contribution in [3.63, 3.8) is 0 Å². The van der Waals surface area contributed by atoms with Crippen LogP contribution in [0.4, 0.5) is 11.4 Å². The van der Waals surface area contributed by atoms with Crippen molar-refractivity contribution in [2.75, 3.05) is 18.2 Å². The molecule has 0 saturated carbocycles. The molecule has 0 aromatic heterocycles. The molecule has 1 aromatic rings. The van der Waals surface area contributed by atoms with E-state index < -0.39 is 20.9 Å². The van der Waals surface area contributed by atoms with Crippen LogP contribution in [0.1, 0.15) is 6.92 Å².